The topological polar surface area (TPSA) is 143 Å². The molecule has 1 aliphatic carbocycles. The second-order valence-corrected chi connectivity index (χ2v) is 12.3. The number of nitrogens with one attached hydrogen (secondary N) is 1. The second-order valence-electron chi connectivity index (χ2n) is 10.2. The predicted molar refractivity (Wildman–Crippen MR) is 155 cm³/mol. The van der Waals surface area contributed by atoms with Crippen LogP contribution < -0.4 is 5.32 Å². The molecule has 0 saturated heterocycles. The van der Waals surface area contributed by atoms with Crippen LogP contribution in [0.5, 0.6) is 5.75 Å². The maximum Gasteiger partial charge on any atom is 0.277 e. The molecule has 2 heterocycles. The Morgan fingerprint density at radius 3 is 2.45 bits per heavy atom. The highest BCUT2D eigenvalue weighted by Crippen LogP contribution is 2.36. The lowest BCUT2D eigenvalue weighted by Gasteiger charge is -2.36. The van der Waals surface area contributed by atoms with Crippen molar-refractivity contribution < 1.29 is 28.5 Å². The molecule has 11 heteroatoms. The van der Waals surface area contributed by atoms with E-state index in [0.717, 1.165) is 16.4 Å². The number of phenols is 1. The molecule has 216 valence electrons. The van der Waals surface area contributed by atoms with Crippen LogP contribution in [0.15, 0.2) is 84.4 Å². The fourth-order valence-corrected chi connectivity index (χ4v) is 6.61. The van der Waals surface area contributed by atoms with Gasteiger partial charge in [0.2, 0.25) is 10.0 Å². The van der Waals surface area contributed by atoms with E-state index in [0.29, 0.717) is 6.42 Å². The highest BCUT2D eigenvalue weighted by Gasteiger charge is 2.46. The van der Waals surface area contributed by atoms with E-state index in [2.05, 4.69) is 15.2 Å². The van der Waals surface area contributed by atoms with Crippen molar-refractivity contribution in [3.63, 3.8) is 0 Å². The summed E-state index contributed by atoms with van der Waals surface area (Å²) in [6.07, 6.45) is 8.45. The molecule has 0 bridgehead atoms. The van der Waals surface area contributed by atoms with Crippen LogP contribution in [-0.4, -0.2) is 76.8 Å². The van der Waals surface area contributed by atoms with Crippen molar-refractivity contribution in [2.45, 2.75) is 31.1 Å². The molecular weight excluding hydrogens is 532 g/mol. The van der Waals surface area contributed by atoms with Crippen LogP contribution in [0, 0.1) is 11.8 Å². The Hall–Kier alpha value is -3.67. The van der Waals surface area contributed by atoms with Gasteiger partial charge in [-0.15, -0.1) is 0 Å². The standard InChI is InChI=1S/C15H15N3O4S.C14H23NO2/c1-18-13(15(20)17-12-8-4-5-9-16-12)14(19)10-6-2-3-7-11(10)23(18,21)22;1-5-14(17,11(2)10-15(3)4)12-7-6-8-13(16)9-12/h2-11,19H,1H3,(H,16,17,20);6-9,11,16-17H,5,10H2,1-4H3/t;11-,14-/m.1/s1. The van der Waals surface area contributed by atoms with E-state index in [4.69, 9.17) is 0 Å². The lowest BCUT2D eigenvalue weighted by Crippen LogP contribution is -2.47. The van der Waals surface area contributed by atoms with Gasteiger partial charge in [0.05, 0.1) is 11.5 Å². The van der Waals surface area contributed by atoms with Gasteiger partial charge in [-0.1, -0.05) is 56.4 Å². The maximum atomic E-state index is 12.6. The molecule has 1 aromatic carbocycles. The molecule has 4 rings (SSSR count). The number of carbonyl (C=O) groups excluding carboxylic acids is 1. The molecule has 4 atom stereocenters. The molecule has 0 radical (unpaired) electrons. The Morgan fingerprint density at radius 1 is 1.15 bits per heavy atom. The normalized spacial score (nSPS) is 21.6. The van der Waals surface area contributed by atoms with Gasteiger partial charge in [-0.2, -0.15) is 0 Å². The number of hydrogen-bond acceptors (Lipinski definition) is 8. The number of allylic oxidation sites excluding steroid dienone is 3. The number of pyridine rings is 1. The van der Waals surface area contributed by atoms with E-state index in [9.17, 15) is 28.5 Å². The van der Waals surface area contributed by atoms with Gasteiger partial charge in [0.1, 0.15) is 22.6 Å². The first-order valence-electron chi connectivity index (χ1n) is 13.0. The van der Waals surface area contributed by atoms with Crippen LogP contribution >= 0.6 is 0 Å². The predicted octanol–water partition coefficient (Wildman–Crippen LogP) is 3.36. The Bertz CT molecular complexity index is 1390. The van der Waals surface area contributed by atoms with Crippen molar-refractivity contribution in [1.29, 1.82) is 0 Å². The molecule has 0 fully saturated rings. The minimum atomic E-state index is -3.79. The van der Waals surface area contributed by atoms with Crippen molar-refractivity contribution in [3.8, 4) is 5.75 Å². The zero-order chi connectivity index (χ0) is 29.7. The van der Waals surface area contributed by atoms with E-state index >= 15 is 0 Å². The molecule has 0 saturated carbocycles. The molecule has 0 spiro atoms. The van der Waals surface area contributed by atoms with Crippen molar-refractivity contribution in [2.75, 3.05) is 33.0 Å². The van der Waals surface area contributed by atoms with Gasteiger partial charge < -0.3 is 25.5 Å². The van der Waals surface area contributed by atoms with Crippen molar-refractivity contribution in [1.82, 2.24) is 14.2 Å². The number of rotatable bonds is 7. The number of hydrogen-bond donors (Lipinski definition) is 4. The van der Waals surface area contributed by atoms with Crippen LogP contribution in [0.4, 0.5) is 5.82 Å². The number of carbonyl (C=O) groups is 1. The molecular formula is C29H38N4O6S. The average molecular weight is 571 g/mol. The Balaban J connectivity index is 0.000000232. The number of benzene rings is 1. The molecule has 4 N–H and O–H groups in total. The first-order chi connectivity index (χ1) is 18.8. The summed E-state index contributed by atoms with van der Waals surface area (Å²) in [6, 6.07) is 11.9. The number of amides is 1. The number of nitrogens with zero attached hydrogens (tertiary/aromatic N) is 3. The lowest BCUT2D eigenvalue weighted by molar-refractivity contribution is -0.114. The fourth-order valence-electron chi connectivity index (χ4n) is 4.93. The number of aliphatic hydroxyl groups is 2. The summed E-state index contributed by atoms with van der Waals surface area (Å²) >= 11 is 0. The Labute approximate surface area is 236 Å². The summed E-state index contributed by atoms with van der Waals surface area (Å²) in [5.41, 5.74) is -0.394. The fraction of sp³-hybridized carbons (Fsp3) is 0.379. The summed E-state index contributed by atoms with van der Waals surface area (Å²) in [6.45, 7) is 4.81. The van der Waals surface area contributed by atoms with E-state index in [-0.39, 0.29) is 28.9 Å². The Morgan fingerprint density at radius 2 is 1.85 bits per heavy atom. The number of aliphatic hydroxyl groups excluding tert-OH is 1. The smallest absolute Gasteiger partial charge is 0.277 e. The summed E-state index contributed by atoms with van der Waals surface area (Å²) < 4.78 is 25.9. The molecule has 40 heavy (non-hydrogen) atoms. The quantitative estimate of drug-likeness (QED) is 0.397. The van der Waals surface area contributed by atoms with E-state index in [1.807, 2.05) is 34.0 Å². The highest BCUT2D eigenvalue weighted by atomic mass is 32.2. The highest BCUT2D eigenvalue weighted by molar-refractivity contribution is 7.90. The number of aromatic hydroxyl groups is 1. The first-order valence-corrected chi connectivity index (χ1v) is 14.5. The summed E-state index contributed by atoms with van der Waals surface area (Å²) in [4.78, 5) is 18.4. The Kier molecular flexibility index (Phi) is 9.78. The van der Waals surface area contributed by atoms with Gasteiger partial charge >= 0.3 is 0 Å². The van der Waals surface area contributed by atoms with Crippen LogP contribution in [0.3, 0.4) is 0 Å². The minimum absolute atomic E-state index is 0.101. The number of phenolic OH excluding ortho intramolecular Hbond substituents is 1. The number of aromatic nitrogens is 1. The molecule has 1 amide bonds. The summed E-state index contributed by atoms with van der Waals surface area (Å²) in [5, 5.41) is 32.3. The van der Waals surface area contributed by atoms with E-state index < -0.39 is 32.7 Å². The summed E-state index contributed by atoms with van der Waals surface area (Å²) in [7, 11) is 1.46. The van der Waals surface area contributed by atoms with Crippen LogP contribution in [0.2, 0.25) is 0 Å². The third-order valence-corrected chi connectivity index (χ3v) is 9.23. The van der Waals surface area contributed by atoms with Gasteiger partial charge in [0.15, 0.2) is 5.70 Å². The number of fused-ring (bicyclic) bond motifs is 1. The van der Waals surface area contributed by atoms with Crippen molar-refractivity contribution in [3.05, 3.63) is 90.0 Å². The number of likely N-dealkylation sites (N-methyl/N-ethyl adjacent to an activating group) is 1. The summed E-state index contributed by atoms with van der Waals surface area (Å²) in [5.74, 6) is -1.21. The first kappa shape index (κ1) is 30.9. The third kappa shape index (κ3) is 6.55. The van der Waals surface area contributed by atoms with Crippen LogP contribution in [-0.2, 0) is 20.4 Å². The zero-order valence-corrected chi connectivity index (χ0v) is 24.2. The van der Waals surface area contributed by atoms with E-state index in [1.165, 1.54) is 19.3 Å². The molecule has 1 aromatic heterocycles. The van der Waals surface area contributed by atoms with Crippen molar-refractivity contribution >= 4 is 21.7 Å². The van der Waals surface area contributed by atoms with Gasteiger partial charge in [0, 0.05) is 25.7 Å². The second kappa shape index (κ2) is 12.7. The minimum Gasteiger partial charge on any atom is -0.509 e. The SMILES string of the molecule is CC[C@](O)(c1cccc(O)c1)[C@H](C)CN(C)C.CN1C(C(=O)Nc2ccccn2)=C(O)C2C=CC=CC2S1(=O)=O. The largest absolute Gasteiger partial charge is 0.509 e. The molecule has 2 aromatic rings. The molecule has 1 aliphatic heterocycles. The monoisotopic (exact) mass is 570 g/mol. The van der Waals surface area contributed by atoms with Crippen LogP contribution in [0.25, 0.3) is 0 Å². The van der Waals surface area contributed by atoms with Gasteiger partial charge in [-0.05, 0) is 50.3 Å². The van der Waals surface area contributed by atoms with Crippen molar-refractivity contribution in [2.24, 2.45) is 11.8 Å². The zero-order valence-electron chi connectivity index (χ0n) is 23.4. The molecule has 2 aliphatic rings. The lowest BCUT2D eigenvalue weighted by atomic mass is 9.80. The van der Waals surface area contributed by atoms with Gasteiger partial charge in [-0.3, -0.25) is 9.10 Å². The average Bonchev–Trinajstić information content (AvgIpc) is 2.92. The van der Waals surface area contributed by atoms with Gasteiger partial charge in [0.25, 0.3) is 5.91 Å². The van der Waals surface area contributed by atoms with E-state index in [1.54, 1.807) is 54.6 Å². The van der Waals surface area contributed by atoms with Gasteiger partial charge in [-0.25, -0.2) is 13.4 Å². The maximum absolute atomic E-state index is 12.6. The molecule has 2 unspecified atom stereocenters. The number of sulfonamides is 1. The van der Waals surface area contributed by atoms with Crippen LogP contribution in [0.1, 0.15) is 25.8 Å². The third-order valence-electron chi connectivity index (χ3n) is 7.14. The molecule has 10 nitrogen and oxygen atoms in total. The number of anilines is 1.